The van der Waals surface area contributed by atoms with E-state index >= 15 is 0 Å². The van der Waals surface area contributed by atoms with Crippen molar-refractivity contribution in [3.63, 3.8) is 0 Å². The molecule has 0 spiro atoms. The van der Waals surface area contributed by atoms with E-state index in [2.05, 4.69) is 9.97 Å². The van der Waals surface area contributed by atoms with E-state index < -0.39 is 11.9 Å². The molecular weight excluding hydrogens is 300 g/mol. The molecule has 1 aromatic carbocycles. The molecule has 2 aromatic heterocycles. The van der Waals surface area contributed by atoms with Crippen LogP contribution in [0.25, 0.3) is 21.6 Å². The van der Waals surface area contributed by atoms with E-state index in [-0.39, 0.29) is 5.56 Å². The molecule has 0 saturated heterocycles. The van der Waals surface area contributed by atoms with Gasteiger partial charge in [-0.3, -0.25) is 9.59 Å². The van der Waals surface area contributed by atoms with Crippen LogP contribution < -0.4 is 5.56 Å². The second kappa shape index (κ2) is 4.78. The standard InChI is InChI=1S/C16H12N2O3S/c19-14-12-11-9(16(20)21)6-7-10(11)22-15(12)18-13(17-14)8-4-2-1-3-5-8/h1-5,9H,6-7H2,(H,20,21)(H,17,18,19). The summed E-state index contributed by atoms with van der Waals surface area (Å²) in [5, 5.41) is 9.78. The fraction of sp³-hybridized carbons (Fsp3) is 0.188. The van der Waals surface area contributed by atoms with Crippen LogP contribution in [0.15, 0.2) is 35.1 Å². The molecule has 4 rings (SSSR count). The summed E-state index contributed by atoms with van der Waals surface area (Å²) in [6.07, 6.45) is 1.26. The van der Waals surface area contributed by atoms with Crippen LogP contribution in [0.1, 0.15) is 22.8 Å². The average Bonchev–Trinajstić information content (AvgIpc) is 3.06. The number of thiophene rings is 1. The van der Waals surface area contributed by atoms with Crippen molar-refractivity contribution in [2.24, 2.45) is 0 Å². The first-order valence-electron chi connectivity index (χ1n) is 6.99. The highest BCUT2D eigenvalue weighted by Gasteiger charge is 2.34. The maximum atomic E-state index is 12.5. The van der Waals surface area contributed by atoms with Gasteiger partial charge in [-0.1, -0.05) is 30.3 Å². The molecule has 0 radical (unpaired) electrons. The zero-order valence-electron chi connectivity index (χ0n) is 11.5. The Hall–Kier alpha value is -2.47. The molecule has 22 heavy (non-hydrogen) atoms. The lowest BCUT2D eigenvalue weighted by Gasteiger charge is -2.05. The molecular formula is C16H12N2O3S. The lowest BCUT2D eigenvalue weighted by Crippen LogP contribution is -2.13. The monoisotopic (exact) mass is 312 g/mol. The van der Waals surface area contributed by atoms with Gasteiger partial charge in [-0.05, 0) is 18.4 Å². The molecule has 0 bridgehead atoms. The van der Waals surface area contributed by atoms with Crippen LogP contribution in [-0.2, 0) is 11.2 Å². The van der Waals surface area contributed by atoms with Crippen LogP contribution in [0.5, 0.6) is 0 Å². The van der Waals surface area contributed by atoms with E-state index in [1.165, 1.54) is 11.3 Å². The van der Waals surface area contributed by atoms with E-state index in [0.717, 1.165) is 10.4 Å². The molecule has 1 unspecified atom stereocenters. The third-order valence-electron chi connectivity index (χ3n) is 4.03. The Labute approximate surface area is 129 Å². The highest BCUT2D eigenvalue weighted by molar-refractivity contribution is 7.18. The number of H-pyrrole nitrogens is 1. The molecule has 0 saturated carbocycles. The van der Waals surface area contributed by atoms with Gasteiger partial charge in [-0.2, -0.15) is 0 Å². The molecule has 2 N–H and O–H groups in total. The zero-order chi connectivity index (χ0) is 15.3. The predicted octanol–water partition coefficient (Wildman–Crippen LogP) is 2.77. The molecule has 3 aromatic rings. The van der Waals surface area contributed by atoms with Gasteiger partial charge >= 0.3 is 5.97 Å². The summed E-state index contributed by atoms with van der Waals surface area (Å²) in [4.78, 5) is 32.8. The lowest BCUT2D eigenvalue weighted by atomic mass is 10.0. The van der Waals surface area contributed by atoms with Gasteiger partial charge in [0.05, 0.1) is 11.3 Å². The number of carbonyl (C=O) groups is 1. The average molecular weight is 312 g/mol. The second-order valence-electron chi connectivity index (χ2n) is 5.33. The number of hydrogen-bond acceptors (Lipinski definition) is 4. The topological polar surface area (TPSA) is 83.0 Å². The summed E-state index contributed by atoms with van der Waals surface area (Å²) < 4.78 is 0. The van der Waals surface area contributed by atoms with E-state index in [9.17, 15) is 14.7 Å². The minimum atomic E-state index is -0.870. The normalized spacial score (nSPS) is 16.8. The minimum absolute atomic E-state index is 0.255. The molecule has 1 atom stereocenters. The van der Waals surface area contributed by atoms with Crippen molar-refractivity contribution in [3.05, 3.63) is 51.1 Å². The van der Waals surface area contributed by atoms with Crippen molar-refractivity contribution in [1.82, 2.24) is 9.97 Å². The molecule has 110 valence electrons. The van der Waals surface area contributed by atoms with Crippen LogP contribution in [-0.4, -0.2) is 21.0 Å². The number of nitrogens with zero attached hydrogens (tertiary/aromatic N) is 1. The largest absolute Gasteiger partial charge is 0.481 e. The quantitative estimate of drug-likeness (QED) is 0.762. The zero-order valence-corrected chi connectivity index (χ0v) is 12.3. The maximum absolute atomic E-state index is 12.5. The number of benzene rings is 1. The highest BCUT2D eigenvalue weighted by atomic mass is 32.1. The van der Waals surface area contributed by atoms with Crippen LogP contribution in [0.4, 0.5) is 0 Å². The van der Waals surface area contributed by atoms with Crippen LogP contribution in [0, 0.1) is 0 Å². The SMILES string of the molecule is O=C(O)C1CCc2sc3nc(-c4ccccc4)[nH]c(=O)c3c21. The van der Waals surface area contributed by atoms with Gasteiger partial charge < -0.3 is 10.1 Å². The van der Waals surface area contributed by atoms with Crippen molar-refractivity contribution >= 4 is 27.5 Å². The number of carboxylic acids is 1. The van der Waals surface area contributed by atoms with Crippen LogP contribution >= 0.6 is 11.3 Å². The number of nitrogens with one attached hydrogen (secondary N) is 1. The fourth-order valence-electron chi connectivity index (χ4n) is 3.03. The Morgan fingerprint density at radius 2 is 2.09 bits per heavy atom. The molecule has 5 nitrogen and oxygen atoms in total. The first-order chi connectivity index (χ1) is 10.6. The molecule has 0 aliphatic heterocycles. The van der Waals surface area contributed by atoms with Crippen molar-refractivity contribution < 1.29 is 9.90 Å². The molecule has 0 amide bonds. The third-order valence-corrected chi connectivity index (χ3v) is 5.19. The maximum Gasteiger partial charge on any atom is 0.311 e. The summed E-state index contributed by atoms with van der Waals surface area (Å²) in [5.74, 6) is -0.941. The smallest absolute Gasteiger partial charge is 0.311 e. The van der Waals surface area contributed by atoms with Gasteiger partial charge in [0, 0.05) is 10.4 Å². The number of aromatic nitrogens is 2. The molecule has 6 heteroatoms. The summed E-state index contributed by atoms with van der Waals surface area (Å²) in [6, 6.07) is 9.43. The Morgan fingerprint density at radius 1 is 1.32 bits per heavy atom. The van der Waals surface area contributed by atoms with Crippen LogP contribution in [0.3, 0.4) is 0 Å². The second-order valence-corrected chi connectivity index (χ2v) is 6.41. The molecule has 2 heterocycles. The number of aryl methyl sites for hydroxylation is 1. The van der Waals surface area contributed by atoms with Crippen molar-refractivity contribution in [2.75, 3.05) is 0 Å². The summed E-state index contributed by atoms with van der Waals surface area (Å²) >= 11 is 1.44. The number of rotatable bonds is 2. The van der Waals surface area contributed by atoms with Crippen molar-refractivity contribution in [1.29, 1.82) is 0 Å². The van der Waals surface area contributed by atoms with E-state index in [1.54, 1.807) is 0 Å². The van der Waals surface area contributed by atoms with E-state index in [1.807, 2.05) is 30.3 Å². The Kier molecular flexibility index (Phi) is 2.87. The lowest BCUT2D eigenvalue weighted by molar-refractivity contribution is -0.138. The van der Waals surface area contributed by atoms with Gasteiger partial charge in [-0.25, -0.2) is 4.98 Å². The first kappa shape index (κ1) is 13.2. The predicted molar refractivity (Wildman–Crippen MR) is 84.4 cm³/mol. The molecule has 1 aliphatic carbocycles. The number of carboxylic acid groups (broad SMARTS) is 1. The van der Waals surface area contributed by atoms with E-state index in [4.69, 9.17) is 0 Å². The summed E-state index contributed by atoms with van der Waals surface area (Å²) in [6.45, 7) is 0. The minimum Gasteiger partial charge on any atom is -0.481 e. The number of aliphatic carboxylic acids is 1. The van der Waals surface area contributed by atoms with Gasteiger partial charge in [0.25, 0.3) is 5.56 Å². The Bertz CT molecular complexity index is 943. The van der Waals surface area contributed by atoms with Gasteiger partial charge in [0.15, 0.2) is 0 Å². The number of aromatic amines is 1. The summed E-state index contributed by atoms with van der Waals surface area (Å²) in [5.41, 5.74) is 1.25. The Morgan fingerprint density at radius 3 is 2.82 bits per heavy atom. The summed E-state index contributed by atoms with van der Waals surface area (Å²) in [7, 11) is 0. The highest BCUT2D eigenvalue weighted by Crippen LogP contribution is 2.42. The van der Waals surface area contributed by atoms with Crippen molar-refractivity contribution in [3.8, 4) is 11.4 Å². The van der Waals surface area contributed by atoms with E-state index in [0.29, 0.717) is 34.4 Å². The van der Waals surface area contributed by atoms with Gasteiger partial charge in [0.1, 0.15) is 10.7 Å². The van der Waals surface area contributed by atoms with Crippen LogP contribution in [0.2, 0.25) is 0 Å². The first-order valence-corrected chi connectivity index (χ1v) is 7.80. The third kappa shape index (κ3) is 1.88. The Balaban J connectivity index is 1.96. The molecule has 0 fully saturated rings. The van der Waals surface area contributed by atoms with Crippen molar-refractivity contribution in [2.45, 2.75) is 18.8 Å². The number of hydrogen-bond donors (Lipinski definition) is 2. The fourth-order valence-corrected chi connectivity index (χ4v) is 4.28. The molecule has 1 aliphatic rings. The van der Waals surface area contributed by atoms with Gasteiger partial charge in [0.2, 0.25) is 0 Å². The number of fused-ring (bicyclic) bond motifs is 3. The van der Waals surface area contributed by atoms with Gasteiger partial charge in [-0.15, -0.1) is 11.3 Å².